The fourth-order valence-electron chi connectivity index (χ4n) is 3.48. The highest BCUT2D eigenvalue weighted by Crippen LogP contribution is 2.17. The van der Waals surface area contributed by atoms with E-state index in [2.05, 4.69) is 27.7 Å². The molecule has 2 fully saturated rings. The molecule has 0 radical (unpaired) electrons. The monoisotopic (exact) mass is 335 g/mol. The summed E-state index contributed by atoms with van der Waals surface area (Å²) in [4.78, 5) is 14.7. The summed E-state index contributed by atoms with van der Waals surface area (Å²) < 4.78 is 0. The molecule has 3 rings (SSSR count). The Hall–Kier alpha value is -1.10. The Balaban J connectivity index is 1.41. The average molecular weight is 336 g/mol. The lowest BCUT2D eigenvalue weighted by Crippen LogP contribution is -2.48. The minimum absolute atomic E-state index is 0.163. The zero-order valence-electron chi connectivity index (χ0n) is 13.6. The summed E-state index contributed by atoms with van der Waals surface area (Å²) in [7, 11) is 0. The predicted octanol–water partition coefficient (Wildman–Crippen LogP) is 2.42. The quantitative estimate of drug-likeness (QED) is 0.888. The summed E-state index contributed by atoms with van der Waals surface area (Å²) in [6, 6.07) is 8.41. The van der Waals surface area contributed by atoms with E-state index in [0.717, 1.165) is 63.4 Å². The van der Waals surface area contributed by atoms with Crippen molar-refractivity contribution in [1.82, 2.24) is 15.5 Å². The van der Waals surface area contributed by atoms with E-state index in [-0.39, 0.29) is 11.8 Å². The normalized spacial score (nSPS) is 23.6. The molecule has 0 saturated carbocycles. The molecule has 2 aliphatic heterocycles. The van der Waals surface area contributed by atoms with Crippen LogP contribution >= 0.6 is 11.6 Å². The molecule has 2 N–H and O–H groups in total. The number of carbonyl (C=O) groups is 1. The van der Waals surface area contributed by atoms with E-state index in [1.165, 1.54) is 5.56 Å². The van der Waals surface area contributed by atoms with Gasteiger partial charge in [0.15, 0.2) is 0 Å². The van der Waals surface area contributed by atoms with E-state index in [0.29, 0.717) is 6.04 Å². The molecule has 4 nitrogen and oxygen atoms in total. The molecule has 0 aromatic heterocycles. The SMILES string of the molecule is O=C(NC1CCN(Cc2ccc(Cl)cc2)CC1)C1CCCNC1. The van der Waals surface area contributed by atoms with Gasteiger partial charge in [-0.25, -0.2) is 0 Å². The number of nitrogens with zero attached hydrogens (tertiary/aromatic N) is 1. The van der Waals surface area contributed by atoms with Crippen LogP contribution in [0, 0.1) is 5.92 Å². The van der Waals surface area contributed by atoms with Gasteiger partial charge in [0, 0.05) is 37.2 Å². The maximum atomic E-state index is 12.3. The first-order valence-corrected chi connectivity index (χ1v) is 9.06. The Morgan fingerprint density at radius 1 is 1.22 bits per heavy atom. The topological polar surface area (TPSA) is 44.4 Å². The lowest BCUT2D eigenvalue weighted by Gasteiger charge is -2.33. The average Bonchev–Trinajstić information content (AvgIpc) is 2.59. The van der Waals surface area contributed by atoms with Gasteiger partial charge in [0.05, 0.1) is 5.92 Å². The summed E-state index contributed by atoms with van der Waals surface area (Å²) in [5.41, 5.74) is 1.30. The molecule has 1 atom stereocenters. The molecule has 1 amide bonds. The molecule has 126 valence electrons. The Bertz CT molecular complexity index is 506. The van der Waals surface area contributed by atoms with Crippen molar-refractivity contribution in [2.24, 2.45) is 5.92 Å². The predicted molar refractivity (Wildman–Crippen MR) is 93.5 cm³/mol. The van der Waals surface area contributed by atoms with Crippen LogP contribution in [0.1, 0.15) is 31.2 Å². The first-order valence-electron chi connectivity index (χ1n) is 8.68. The highest BCUT2D eigenvalue weighted by atomic mass is 35.5. The van der Waals surface area contributed by atoms with Crippen molar-refractivity contribution in [2.45, 2.75) is 38.3 Å². The number of piperidine rings is 2. The highest BCUT2D eigenvalue weighted by molar-refractivity contribution is 6.30. The Morgan fingerprint density at radius 3 is 2.61 bits per heavy atom. The van der Waals surface area contributed by atoms with Crippen LogP contribution < -0.4 is 10.6 Å². The molecule has 1 aromatic carbocycles. The number of hydrogen-bond acceptors (Lipinski definition) is 3. The van der Waals surface area contributed by atoms with Gasteiger partial charge in [-0.15, -0.1) is 0 Å². The van der Waals surface area contributed by atoms with E-state index in [1.807, 2.05) is 12.1 Å². The molecule has 1 aromatic rings. The number of benzene rings is 1. The van der Waals surface area contributed by atoms with Gasteiger partial charge in [0.1, 0.15) is 0 Å². The van der Waals surface area contributed by atoms with Gasteiger partial charge in [0.25, 0.3) is 0 Å². The lowest BCUT2D eigenvalue weighted by molar-refractivity contribution is -0.126. The summed E-state index contributed by atoms with van der Waals surface area (Å²) in [5.74, 6) is 0.407. The largest absolute Gasteiger partial charge is 0.353 e. The minimum Gasteiger partial charge on any atom is -0.353 e. The van der Waals surface area contributed by atoms with E-state index in [9.17, 15) is 4.79 Å². The molecule has 2 heterocycles. The van der Waals surface area contributed by atoms with Crippen molar-refractivity contribution in [3.05, 3.63) is 34.9 Å². The van der Waals surface area contributed by atoms with E-state index < -0.39 is 0 Å². The van der Waals surface area contributed by atoms with E-state index >= 15 is 0 Å². The molecular weight excluding hydrogens is 310 g/mol. The van der Waals surface area contributed by atoms with Crippen molar-refractivity contribution >= 4 is 17.5 Å². The van der Waals surface area contributed by atoms with E-state index in [4.69, 9.17) is 11.6 Å². The summed E-state index contributed by atoms with van der Waals surface area (Å²) >= 11 is 5.93. The number of likely N-dealkylation sites (tertiary alicyclic amines) is 1. The Morgan fingerprint density at radius 2 is 1.96 bits per heavy atom. The number of halogens is 1. The molecular formula is C18H26ClN3O. The van der Waals surface area contributed by atoms with Crippen LogP contribution in [0.25, 0.3) is 0 Å². The van der Waals surface area contributed by atoms with Crippen LogP contribution in [-0.4, -0.2) is 43.0 Å². The van der Waals surface area contributed by atoms with Crippen LogP contribution in [-0.2, 0) is 11.3 Å². The highest BCUT2D eigenvalue weighted by Gasteiger charge is 2.25. The zero-order valence-corrected chi connectivity index (χ0v) is 14.3. The third-order valence-corrected chi connectivity index (χ3v) is 5.17. The van der Waals surface area contributed by atoms with Gasteiger partial charge >= 0.3 is 0 Å². The van der Waals surface area contributed by atoms with Crippen LogP contribution in [0.15, 0.2) is 24.3 Å². The molecule has 2 saturated heterocycles. The third-order valence-electron chi connectivity index (χ3n) is 4.92. The lowest BCUT2D eigenvalue weighted by atomic mass is 9.97. The summed E-state index contributed by atoms with van der Waals surface area (Å²) in [6.07, 6.45) is 4.21. The second kappa shape index (κ2) is 8.13. The second-order valence-corrected chi connectivity index (χ2v) is 7.17. The zero-order chi connectivity index (χ0) is 16.1. The Labute approximate surface area is 143 Å². The van der Waals surface area contributed by atoms with Crippen LogP contribution in [0.3, 0.4) is 0 Å². The maximum Gasteiger partial charge on any atom is 0.224 e. The van der Waals surface area contributed by atoms with Crippen molar-refractivity contribution in [2.75, 3.05) is 26.2 Å². The standard InChI is InChI=1S/C18H26ClN3O/c19-16-5-3-14(4-6-16)13-22-10-7-17(8-11-22)21-18(23)15-2-1-9-20-12-15/h3-6,15,17,20H,1-2,7-13H2,(H,21,23). The molecule has 2 aliphatic rings. The number of amides is 1. The molecule has 23 heavy (non-hydrogen) atoms. The fraction of sp³-hybridized carbons (Fsp3) is 0.611. The molecule has 1 unspecified atom stereocenters. The number of carbonyl (C=O) groups excluding carboxylic acids is 1. The first kappa shape index (κ1) is 16.7. The summed E-state index contributed by atoms with van der Waals surface area (Å²) in [5, 5.41) is 7.35. The van der Waals surface area contributed by atoms with Gasteiger partial charge in [-0.2, -0.15) is 0 Å². The number of hydrogen-bond donors (Lipinski definition) is 2. The van der Waals surface area contributed by atoms with Crippen molar-refractivity contribution < 1.29 is 4.79 Å². The fourth-order valence-corrected chi connectivity index (χ4v) is 3.60. The van der Waals surface area contributed by atoms with Crippen molar-refractivity contribution in [3.8, 4) is 0 Å². The van der Waals surface area contributed by atoms with Gasteiger partial charge in [-0.05, 0) is 49.9 Å². The van der Waals surface area contributed by atoms with E-state index in [1.54, 1.807) is 0 Å². The Kier molecular flexibility index (Phi) is 5.92. The molecule has 5 heteroatoms. The first-order chi connectivity index (χ1) is 11.2. The maximum absolute atomic E-state index is 12.3. The van der Waals surface area contributed by atoms with Crippen LogP contribution in [0.4, 0.5) is 0 Å². The number of nitrogens with one attached hydrogen (secondary N) is 2. The third kappa shape index (κ3) is 4.93. The molecule has 0 bridgehead atoms. The molecule has 0 spiro atoms. The second-order valence-electron chi connectivity index (χ2n) is 6.73. The van der Waals surface area contributed by atoms with Crippen molar-refractivity contribution in [1.29, 1.82) is 0 Å². The van der Waals surface area contributed by atoms with Gasteiger partial charge < -0.3 is 10.6 Å². The van der Waals surface area contributed by atoms with Gasteiger partial charge in [-0.1, -0.05) is 23.7 Å². The van der Waals surface area contributed by atoms with Crippen LogP contribution in [0.2, 0.25) is 5.02 Å². The van der Waals surface area contributed by atoms with Gasteiger partial charge in [-0.3, -0.25) is 9.69 Å². The smallest absolute Gasteiger partial charge is 0.224 e. The molecule has 0 aliphatic carbocycles. The minimum atomic E-state index is 0.163. The van der Waals surface area contributed by atoms with Crippen LogP contribution in [0.5, 0.6) is 0 Å². The van der Waals surface area contributed by atoms with Gasteiger partial charge in [0.2, 0.25) is 5.91 Å². The number of rotatable bonds is 4. The van der Waals surface area contributed by atoms with Crippen molar-refractivity contribution in [3.63, 3.8) is 0 Å². The summed E-state index contributed by atoms with van der Waals surface area (Å²) in [6.45, 7) is 4.92.